The third kappa shape index (κ3) is 1.94. The molecule has 3 rings (SSSR count). The first-order valence-corrected chi connectivity index (χ1v) is 6.09. The van der Waals surface area contributed by atoms with E-state index in [9.17, 15) is 4.39 Å². The van der Waals surface area contributed by atoms with Gasteiger partial charge >= 0.3 is 0 Å². The van der Waals surface area contributed by atoms with Gasteiger partial charge in [0.25, 0.3) is 0 Å². The summed E-state index contributed by atoms with van der Waals surface area (Å²) in [6.45, 7) is 2.02. The Kier molecular flexibility index (Phi) is 2.71. The molecule has 0 N–H and O–H groups in total. The summed E-state index contributed by atoms with van der Waals surface area (Å²) in [5, 5.41) is 1.75. The van der Waals surface area contributed by atoms with Crippen molar-refractivity contribution in [1.82, 2.24) is 0 Å². The van der Waals surface area contributed by atoms with Crippen molar-refractivity contribution in [2.24, 2.45) is 4.99 Å². The maximum Gasteiger partial charge on any atom is 0.146 e. The van der Waals surface area contributed by atoms with Gasteiger partial charge in [0.15, 0.2) is 0 Å². The Balaban J connectivity index is 2.10. The lowest BCUT2D eigenvalue weighted by Gasteiger charge is -2.18. The quantitative estimate of drug-likeness (QED) is 0.725. The zero-order valence-electron chi connectivity index (χ0n) is 10.2. The number of benzene rings is 2. The highest BCUT2D eigenvalue weighted by Gasteiger charge is 2.22. The van der Waals surface area contributed by atoms with Crippen LogP contribution in [0.5, 0.6) is 0 Å². The zero-order valence-corrected chi connectivity index (χ0v) is 10.2. The largest absolute Gasteiger partial charge is 0.273 e. The predicted molar refractivity (Wildman–Crippen MR) is 70.5 cm³/mol. The first kappa shape index (κ1) is 11.1. The van der Waals surface area contributed by atoms with Crippen LogP contribution in [-0.2, 0) is 0 Å². The number of aryl methyl sites for hydroxylation is 1. The lowest BCUT2D eigenvalue weighted by atomic mass is 9.99. The van der Waals surface area contributed by atoms with Gasteiger partial charge in [0.05, 0.1) is 5.36 Å². The first-order valence-electron chi connectivity index (χ1n) is 6.09. The monoisotopic (exact) mass is 239 g/mol. The van der Waals surface area contributed by atoms with Gasteiger partial charge in [-0.2, -0.15) is 0 Å². The molecule has 0 radical (unpaired) electrons. The fraction of sp³-hybridized carbons (Fsp3) is 0.188. The lowest BCUT2D eigenvalue weighted by Crippen LogP contribution is -2.33. The van der Waals surface area contributed by atoms with E-state index in [2.05, 4.69) is 4.99 Å². The van der Waals surface area contributed by atoms with Crippen LogP contribution in [0.1, 0.15) is 17.2 Å². The highest BCUT2D eigenvalue weighted by molar-refractivity contribution is 5.37. The average molecular weight is 239 g/mol. The molecule has 0 amide bonds. The van der Waals surface area contributed by atoms with Gasteiger partial charge in [0, 0.05) is 0 Å². The summed E-state index contributed by atoms with van der Waals surface area (Å²) in [5.74, 6) is 0. The Hall–Kier alpha value is -1.96. The highest BCUT2D eigenvalue weighted by Crippen LogP contribution is 2.25. The van der Waals surface area contributed by atoms with Gasteiger partial charge in [-0.3, -0.25) is 4.99 Å². The summed E-state index contributed by atoms with van der Waals surface area (Å²) < 4.78 is 14.2. The number of halogens is 1. The van der Waals surface area contributed by atoms with Gasteiger partial charge in [-0.05, 0) is 29.8 Å². The van der Waals surface area contributed by atoms with Crippen LogP contribution in [0, 0.1) is 6.92 Å². The van der Waals surface area contributed by atoms with Crippen LogP contribution < -0.4 is 10.6 Å². The average Bonchev–Trinajstić information content (AvgIpc) is 2.39. The Morgan fingerprint density at radius 2 is 1.72 bits per heavy atom. The third-order valence-electron chi connectivity index (χ3n) is 3.27. The molecule has 2 aromatic carbocycles. The fourth-order valence-corrected chi connectivity index (χ4v) is 2.25. The minimum absolute atomic E-state index is 0.416. The van der Waals surface area contributed by atoms with E-state index in [0.29, 0.717) is 0 Å². The first-order chi connectivity index (χ1) is 8.74. The molecule has 90 valence electrons. The van der Waals surface area contributed by atoms with Gasteiger partial charge in [0.1, 0.15) is 12.2 Å². The van der Waals surface area contributed by atoms with Gasteiger partial charge in [-0.25, -0.2) is 4.39 Å². The highest BCUT2D eigenvalue weighted by atomic mass is 19.1. The fourth-order valence-electron chi connectivity index (χ4n) is 2.25. The molecule has 0 fully saturated rings. The van der Waals surface area contributed by atoms with E-state index in [1.54, 1.807) is 6.08 Å². The van der Waals surface area contributed by atoms with Crippen LogP contribution in [0.3, 0.4) is 0 Å². The van der Waals surface area contributed by atoms with Crippen molar-refractivity contribution in [1.29, 1.82) is 0 Å². The minimum Gasteiger partial charge on any atom is -0.273 e. The van der Waals surface area contributed by atoms with Crippen molar-refractivity contribution in [2.75, 3.05) is 0 Å². The summed E-state index contributed by atoms with van der Waals surface area (Å²) in [6.07, 6.45) is 0.606. The predicted octanol–water partition coefficient (Wildman–Crippen LogP) is 2.49. The van der Waals surface area contributed by atoms with Crippen molar-refractivity contribution < 1.29 is 4.39 Å². The van der Waals surface area contributed by atoms with Crippen molar-refractivity contribution in [3.8, 4) is 0 Å². The minimum atomic E-state index is -1.05. The molecule has 2 heteroatoms. The molecule has 2 aromatic rings. The molecule has 0 aromatic heterocycles. The number of nitrogens with zero attached hydrogens (tertiary/aromatic N) is 1. The number of rotatable bonds is 1. The molecule has 0 aliphatic carbocycles. The molecule has 18 heavy (non-hydrogen) atoms. The Morgan fingerprint density at radius 3 is 2.50 bits per heavy atom. The third-order valence-corrected chi connectivity index (χ3v) is 3.27. The van der Waals surface area contributed by atoms with E-state index < -0.39 is 12.2 Å². The summed E-state index contributed by atoms with van der Waals surface area (Å²) in [4.78, 5) is 4.52. The van der Waals surface area contributed by atoms with Crippen LogP contribution in [0.2, 0.25) is 0 Å². The van der Waals surface area contributed by atoms with E-state index in [0.717, 1.165) is 16.1 Å². The normalized spacial score (nSPS) is 21.7. The maximum atomic E-state index is 14.2. The van der Waals surface area contributed by atoms with Crippen molar-refractivity contribution >= 4 is 6.08 Å². The van der Waals surface area contributed by atoms with Crippen molar-refractivity contribution in [2.45, 2.75) is 19.1 Å². The molecule has 1 heterocycles. The van der Waals surface area contributed by atoms with Crippen LogP contribution >= 0.6 is 0 Å². The standard InChI is InChI=1S/C16H14FN/c1-11-6-8-12(9-7-11)16-14(17)10-13-4-2-3-5-15(13)18-16/h2-10,14,16H,1H3. The molecular formula is C16H14FN. The van der Waals surface area contributed by atoms with Gasteiger partial charge in [0.2, 0.25) is 0 Å². The Bertz CT molecular complexity index is 673. The van der Waals surface area contributed by atoms with Crippen LogP contribution in [0.15, 0.2) is 53.5 Å². The summed E-state index contributed by atoms with van der Waals surface area (Å²) in [6, 6.07) is 15.2. The molecule has 1 aliphatic heterocycles. The van der Waals surface area contributed by atoms with E-state index in [4.69, 9.17) is 0 Å². The molecule has 0 spiro atoms. The van der Waals surface area contributed by atoms with E-state index >= 15 is 0 Å². The lowest BCUT2D eigenvalue weighted by molar-refractivity contribution is 0.356. The number of hydrogen-bond donors (Lipinski definition) is 0. The summed E-state index contributed by atoms with van der Waals surface area (Å²) in [7, 11) is 0. The molecule has 1 nitrogen and oxygen atoms in total. The zero-order chi connectivity index (χ0) is 12.5. The molecule has 2 atom stereocenters. The molecule has 1 aliphatic rings. The SMILES string of the molecule is Cc1ccc(C2N=c3ccccc3=CC2F)cc1. The van der Waals surface area contributed by atoms with E-state index in [1.807, 2.05) is 55.5 Å². The summed E-state index contributed by atoms with van der Waals surface area (Å²) >= 11 is 0. The molecule has 0 saturated carbocycles. The molecule has 0 saturated heterocycles. The van der Waals surface area contributed by atoms with Gasteiger partial charge < -0.3 is 0 Å². The summed E-state index contributed by atoms with van der Waals surface area (Å²) in [5.41, 5.74) is 2.10. The van der Waals surface area contributed by atoms with Crippen molar-refractivity contribution in [3.05, 3.63) is 70.2 Å². The van der Waals surface area contributed by atoms with Crippen molar-refractivity contribution in [3.63, 3.8) is 0 Å². The van der Waals surface area contributed by atoms with E-state index in [-0.39, 0.29) is 0 Å². The van der Waals surface area contributed by atoms with Crippen LogP contribution in [0.4, 0.5) is 4.39 Å². The maximum absolute atomic E-state index is 14.2. The van der Waals surface area contributed by atoms with Gasteiger partial charge in [-0.15, -0.1) is 0 Å². The second kappa shape index (κ2) is 4.37. The second-order valence-corrected chi connectivity index (χ2v) is 4.65. The molecule has 2 unspecified atom stereocenters. The van der Waals surface area contributed by atoms with Crippen LogP contribution in [-0.4, -0.2) is 6.17 Å². The Morgan fingerprint density at radius 1 is 1.00 bits per heavy atom. The van der Waals surface area contributed by atoms with E-state index in [1.165, 1.54) is 5.56 Å². The number of para-hydroxylation sites is 1. The molecular weight excluding hydrogens is 225 g/mol. The van der Waals surface area contributed by atoms with Crippen LogP contribution in [0.25, 0.3) is 6.08 Å². The number of hydrogen-bond acceptors (Lipinski definition) is 1. The molecule has 0 bridgehead atoms. The number of alkyl halides is 1. The number of fused-ring (bicyclic) bond motifs is 1. The second-order valence-electron chi connectivity index (χ2n) is 4.65. The Labute approximate surface area is 105 Å². The van der Waals surface area contributed by atoms with Gasteiger partial charge in [-0.1, -0.05) is 48.0 Å². The smallest absolute Gasteiger partial charge is 0.146 e. The topological polar surface area (TPSA) is 12.4 Å².